The molecule has 0 saturated heterocycles. The minimum Gasteiger partial charge on any atom is -0.322 e. The summed E-state index contributed by atoms with van der Waals surface area (Å²) in [6.07, 6.45) is 0.541. The van der Waals surface area contributed by atoms with Crippen molar-refractivity contribution in [1.82, 2.24) is 4.98 Å². The number of rotatable bonds is 3. The zero-order chi connectivity index (χ0) is 14.1. The summed E-state index contributed by atoms with van der Waals surface area (Å²) < 4.78 is 14.1. The molecule has 1 heterocycles. The van der Waals surface area contributed by atoms with Crippen molar-refractivity contribution in [3.8, 4) is 0 Å². The summed E-state index contributed by atoms with van der Waals surface area (Å²) in [6, 6.07) is 12.1. The highest BCUT2D eigenvalue weighted by atomic mass is 35.5. The van der Waals surface area contributed by atoms with Gasteiger partial charge in [-0.2, -0.15) is 0 Å². The smallest absolute Gasteiger partial charge is 0.124 e. The second kappa shape index (κ2) is 5.48. The second-order valence-corrected chi connectivity index (χ2v) is 6.04. The monoisotopic (exact) mass is 306 g/mol. The first-order chi connectivity index (χ1) is 9.63. The van der Waals surface area contributed by atoms with Gasteiger partial charge in [0.15, 0.2) is 0 Å². The molecule has 1 unspecified atom stereocenters. The van der Waals surface area contributed by atoms with Crippen LogP contribution >= 0.6 is 22.9 Å². The van der Waals surface area contributed by atoms with Crippen LogP contribution in [0.5, 0.6) is 0 Å². The molecule has 3 rings (SSSR count). The Labute approximate surface area is 125 Å². The van der Waals surface area contributed by atoms with E-state index in [9.17, 15) is 4.39 Å². The number of thiazole rings is 1. The van der Waals surface area contributed by atoms with Gasteiger partial charge in [-0.3, -0.25) is 0 Å². The van der Waals surface area contributed by atoms with Gasteiger partial charge in [0.25, 0.3) is 0 Å². The first-order valence-electron chi connectivity index (χ1n) is 6.18. The summed E-state index contributed by atoms with van der Waals surface area (Å²) in [5.74, 6) is -0.340. The number of benzene rings is 2. The molecule has 102 valence electrons. The second-order valence-electron chi connectivity index (χ2n) is 4.57. The zero-order valence-electron chi connectivity index (χ0n) is 10.5. The van der Waals surface area contributed by atoms with Gasteiger partial charge in [-0.1, -0.05) is 29.8 Å². The number of fused-ring (bicyclic) bond motifs is 1. The molecule has 0 saturated carbocycles. The first-order valence-corrected chi connectivity index (χ1v) is 7.38. The molecule has 1 aromatic heterocycles. The Balaban J connectivity index is 1.86. The number of nitrogens with zero attached hydrogens (tertiary/aromatic N) is 1. The van der Waals surface area contributed by atoms with Crippen LogP contribution in [0.25, 0.3) is 10.2 Å². The molecule has 0 amide bonds. The van der Waals surface area contributed by atoms with Gasteiger partial charge in [0.1, 0.15) is 10.8 Å². The molecule has 0 fully saturated rings. The molecule has 5 heteroatoms. The van der Waals surface area contributed by atoms with Gasteiger partial charge < -0.3 is 5.73 Å². The summed E-state index contributed by atoms with van der Waals surface area (Å²) in [5.41, 5.74) is 7.98. The number of halogens is 2. The normalized spacial score (nSPS) is 12.8. The summed E-state index contributed by atoms with van der Waals surface area (Å²) >= 11 is 7.61. The van der Waals surface area contributed by atoms with Gasteiger partial charge in [-0.05, 0) is 36.2 Å². The van der Waals surface area contributed by atoms with Gasteiger partial charge in [-0.15, -0.1) is 11.3 Å². The average Bonchev–Trinajstić information content (AvgIpc) is 2.86. The lowest BCUT2D eigenvalue weighted by molar-refractivity contribution is 0.625. The lowest BCUT2D eigenvalue weighted by Gasteiger charge is -2.09. The molecule has 2 N–H and O–H groups in total. The molecule has 0 aliphatic rings. The van der Waals surface area contributed by atoms with E-state index in [0.29, 0.717) is 11.4 Å². The summed E-state index contributed by atoms with van der Waals surface area (Å²) in [4.78, 5) is 4.53. The highest BCUT2D eigenvalue weighted by Crippen LogP contribution is 2.28. The molecular weight excluding hydrogens is 295 g/mol. The lowest BCUT2D eigenvalue weighted by atomic mass is 10.1. The highest BCUT2D eigenvalue weighted by Gasteiger charge is 2.14. The fraction of sp³-hybridized carbons (Fsp3) is 0.133. The number of hydrogen-bond donors (Lipinski definition) is 1. The van der Waals surface area contributed by atoms with Crippen molar-refractivity contribution in [2.45, 2.75) is 12.5 Å². The van der Waals surface area contributed by atoms with E-state index in [1.54, 1.807) is 17.4 Å². The van der Waals surface area contributed by atoms with Crippen LogP contribution in [0.1, 0.15) is 16.6 Å². The van der Waals surface area contributed by atoms with E-state index in [0.717, 1.165) is 20.8 Å². The van der Waals surface area contributed by atoms with E-state index >= 15 is 0 Å². The Morgan fingerprint density at radius 1 is 1.25 bits per heavy atom. The maximum absolute atomic E-state index is 13.0. The Bertz CT molecular complexity index is 723. The molecular formula is C15H12ClFN2S. The maximum atomic E-state index is 13.0. The topological polar surface area (TPSA) is 38.9 Å². The first kappa shape index (κ1) is 13.5. The van der Waals surface area contributed by atoms with E-state index in [1.807, 2.05) is 24.3 Å². The molecule has 3 aromatic rings. The number of para-hydroxylation sites is 1. The molecule has 2 nitrogen and oxygen atoms in total. The number of nitrogens with two attached hydrogens (primary N) is 1. The molecule has 0 aliphatic carbocycles. The van der Waals surface area contributed by atoms with Crippen molar-refractivity contribution in [3.05, 3.63) is 63.9 Å². The van der Waals surface area contributed by atoms with E-state index in [4.69, 9.17) is 17.3 Å². The van der Waals surface area contributed by atoms with Gasteiger partial charge in [-0.25, -0.2) is 9.37 Å². The predicted octanol–water partition coefficient (Wildman–Crippen LogP) is 4.33. The van der Waals surface area contributed by atoms with Gasteiger partial charge >= 0.3 is 0 Å². The van der Waals surface area contributed by atoms with Gasteiger partial charge in [0.05, 0.1) is 16.3 Å². The predicted molar refractivity (Wildman–Crippen MR) is 81.7 cm³/mol. The minimum atomic E-state index is -0.340. The van der Waals surface area contributed by atoms with Crippen molar-refractivity contribution < 1.29 is 4.39 Å². The fourth-order valence-corrected chi connectivity index (χ4v) is 3.27. The largest absolute Gasteiger partial charge is 0.322 e. The Morgan fingerprint density at radius 3 is 2.80 bits per heavy atom. The Hall–Kier alpha value is -1.49. The third-order valence-electron chi connectivity index (χ3n) is 3.08. The lowest BCUT2D eigenvalue weighted by Crippen LogP contribution is -2.13. The van der Waals surface area contributed by atoms with Crippen LogP contribution in [-0.4, -0.2) is 4.98 Å². The van der Waals surface area contributed by atoms with Crippen molar-refractivity contribution in [2.24, 2.45) is 5.73 Å². The molecule has 1 atom stereocenters. The van der Waals surface area contributed by atoms with Crippen LogP contribution in [0.3, 0.4) is 0 Å². The molecule has 20 heavy (non-hydrogen) atoms. The summed E-state index contributed by atoms with van der Waals surface area (Å²) in [7, 11) is 0. The van der Waals surface area contributed by atoms with E-state index in [-0.39, 0.29) is 11.9 Å². The average molecular weight is 307 g/mol. The Kier molecular flexibility index (Phi) is 3.70. The summed E-state index contributed by atoms with van der Waals surface area (Å²) in [6.45, 7) is 0. The van der Waals surface area contributed by atoms with E-state index in [2.05, 4.69) is 4.98 Å². The van der Waals surface area contributed by atoms with Gasteiger partial charge in [0.2, 0.25) is 0 Å². The van der Waals surface area contributed by atoms with Crippen LogP contribution in [0.15, 0.2) is 42.5 Å². The maximum Gasteiger partial charge on any atom is 0.124 e. The van der Waals surface area contributed by atoms with E-state index < -0.39 is 0 Å². The van der Waals surface area contributed by atoms with Crippen molar-refractivity contribution in [1.29, 1.82) is 0 Å². The van der Waals surface area contributed by atoms with Crippen molar-refractivity contribution in [2.75, 3.05) is 0 Å². The minimum absolute atomic E-state index is 0.240. The number of aromatic nitrogens is 1. The van der Waals surface area contributed by atoms with Crippen LogP contribution in [0.4, 0.5) is 4.39 Å². The third-order valence-corrected chi connectivity index (χ3v) is 4.60. The van der Waals surface area contributed by atoms with Crippen LogP contribution in [-0.2, 0) is 6.42 Å². The van der Waals surface area contributed by atoms with Crippen LogP contribution < -0.4 is 5.73 Å². The van der Waals surface area contributed by atoms with Crippen molar-refractivity contribution in [3.63, 3.8) is 0 Å². The fourth-order valence-electron chi connectivity index (χ4n) is 2.06. The summed E-state index contributed by atoms with van der Waals surface area (Å²) in [5, 5.41) is 1.27. The van der Waals surface area contributed by atoms with Gasteiger partial charge in [0, 0.05) is 5.02 Å². The highest BCUT2D eigenvalue weighted by molar-refractivity contribution is 7.18. The molecule has 0 aliphatic heterocycles. The van der Waals surface area contributed by atoms with Crippen LogP contribution in [0, 0.1) is 5.82 Å². The number of hydrogen-bond acceptors (Lipinski definition) is 3. The molecule has 2 aromatic carbocycles. The SMILES string of the molecule is NC(Cc1ccc(F)cc1Cl)c1nc2ccccc2s1. The zero-order valence-corrected chi connectivity index (χ0v) is 12.1. The van der Waals surface area contributed by atoms with Crippen LogP contribution in [0.2, 0.25) is 5.02 Å². The quantitative estimate of drug-likeness (QED) is 0.782. The molecule has 0 radical (unpaired) electrons. The van der Waals surface area contributed by atoms with E-state index in [1.165, 1.54) is 12.1 Å². The standard InChI is InChI=1S/C15H12ClFN2S/c16-11-8-10(17)6-5-9(11)7-12(18)15-19-13-3-1-2-4-14(13)20-15/h1-6,8,12H,7,18H2. The Morgan fingerprint density at radius 2 is 2.05 bits per heavy atom. The van der Waals surface area contributed by atoms with Crippen molar-refractivity contribution >= 4 is 33.2 Å². The molecule has 0 bridgehead atoms. The molecule has 0 spiro atoms. The third kappa shape index (κ3) is 2.68.